The second-order valence-electron chi connectivity index (χ2n) is 1.57. The number of carboxylic acid groups (broad SMARTS) is 1. The number of carbonyl (C=O) groups is 1. The van der Waals surface area contributed by atoms with Crippen molar-refractivity contribution in [1.29, 1.82) is 0 Å². The third-order valence-corrected chi connectivity index (χ3v) is 1.61. The summed E-state index contributed by atoms with van der Waals surface area (Å²) in [5.74, 6) is 0. The van der Waals surface area contributed by atoms with Crippen LogP contribution in [0.1, 0.15) is 0 Å². The zero-order chi connectivity index (χ0) is 7.40. The van der Waals surface area contributed by atoms with Gasteiger partial charge < -0.3 is 5.11 Å². The molecular weight excluding hydrogens is 152 g/mol. The van der Waals surface area contributed by atoms with E-state index in [9.17, 15) is 4.79 Å². The first-order valence-electron chi connectivity index (χ1n) is 2.65. The standard InChI is InChI=1S/C5H6N2O2S/c8-5(9)7-4-6-2-1-3-10-4/h1,3H,2H2,(H,6,7)(H,8,9). The van der Waals surface area contributed by atoms with Crippen LogP contribution in [0.5, 0.6) is 0 Å². The first-order valence-corrected chi connectivity index (χ1v) is 3.53. The number of nitrogens with one attached hydrogen (secondary N) is 1. The largest absolute Gasteiger partial charge is 0.465 e. The summed E-state index contributed by atoms with van der Waals surface area (Å²) in [6.07, 6.45) is 0.791. The fourth-order valence-corrected chi connectivity index (χ4v) is 1.10. The molecule has 0 aliphatic carbocycles. The fraction of sp³-hybridized carbons (Fsp3) is 0.200. The summed E-state index contributed by atoms with van der Waals surface area (Å²) in [6.45, 7) is 0.558. The minimum Gasteiger partial charge on any atom is -0.465 e. The molecule has 4 nitrogen and oxygen atoms in total. The number of hydrogen-bond acceptors (Lipinski definition) is 3. The highest BCUT2D eigenvalue weighted by molar-refractivity contribution is 8.16. The Morgan fingerprint density at radius 1 is 1.90 bits per heavy atom. The van der Waals surface area contributed by atoms with Crippen molar-refractivity contribution in [3.05, 3.63) is 11.5 Å². The van der Waals surface area contributed by atoms with Gasteiger partial charge in [-0.2, -0.15) is 0 Å². The van der Waals surface area contributed by atoms with Crippen molar-refractivity contribution in [1.82, 2.24) is 5.32 Å². The average molecular weight is 158 g/mol. The van der Waals surface area contributed by atoms with Gasteiger partial charge in [0.1, 0.15) is 0 Å². The van der Waals surface area contributed by atoms with Gasteiger partial charge in [0, 0.05) is 0 Å². The van der Waals surface area contributed by atoms with E-state index in [2.05, 4.69) is 10.3 Å². The van der Waals surface area contributed by atoms with Crippen molar-refractivity contribution >= 4 is 23.0 Å². The molecule has 0 spiro atoms. The van der Waals surface area contributed by atoms with Crippen LogP contribution in [0.2, 0.25) is 0 Å². The molecule has 5 heteroatoms. The molecule has 0 fully saturated rings. The van der Waals surface area contributed by atoms with Crippen molar-refractivity contribution in [3.8, 4) is 0 Å². The van der Waals surface area contributed by atoms with Gasteiger partial charge in [0.15, 0.2) is 5.17 Å². The van der Waals surface area contributed by atoms with Crippen LogP contribution in [0, 0.1) is 0 Å². The summed E-state index contributed by atoms with van der Waals surface area (Å²) in [5.41, 5.74) is 0. The smallest absolute Gasteiger partial charge is 0.410 e. The first kappa shape index (κ1) is 7.14. The molecule has 0 bridgehead atoms. The van der Waals surface area contributed by atoms with E-state index in [0.29, 0.717) is 11.7 Å². The molecule has 0 aromatic carbocycles. The van der Waals surface area contributed by atoms with E-state index >= 15 is 0 Å². The highest BCUT2D eigenvalue weighted by Gasteiger charge is 2.03. The van der Waals surface area contributed by atoms with Gasteiger partial charge in [-0.25, -0.2) is 4.79 Å². The molecule has 1 aliphatic heterocycles. The summed E-state index contributed by atoms with van der Waals surface area (Å²) < 4.78 is 0. The molecule has 0 saturated heterocycles. The number of thioether (sulfide) groups is 1. The monoisotopic (exact) mass is 158 g/mol. The van der Waals surface area contributed by atoms with E-state index in [1.54, 1.807) is 5.41 Å². The quantitative estimate of drug-likeness (QED) is 0.550. The highest BCUT2D eigenvalue weighted by Crippen LogP contribution is 2.07. The van der Waals surface area contributed by atoms with Gasteiger partial charge in [-0.05, 0) is 5.41 Å². The number of rotatable bonds is 0. The van der Waals surface area contributed by atoms with E-state index < -0.39 is 6.09 Å². The summed E-state index contributed by atoms with van der Waals surface area (Å²) >= 11 is 1.27. The molecule has 1 amide bonds. The SMILES string of the molecule is O=C(O)NC1=NCC=CS1. The zero-order valence-corrected chi connectivity index (χ0v) is 5.89. The first-order chi connectivity index (χ1) is 4.79. The third-order valence-electron chi connectivity index (χ3n) is 0.830. The molecule has 10 heavy (non-hydrogen) atoms. The maximum Gasteiger partial charge on any atom is 0.410 e. The molecule has 0 saturated carbocycles. The Kier molecular flexibility index (Phi) is 2.33. The minimum atomic E-state index is -1.07. The van der Waals surface area contributed by atoms with Crippen molar-refractivity contribution in [2.24, 2.45) is 4.99 Å². The van der Waals surface area contributed by atoms with Crippen molar-refractivity contribution in [2.75, 3.05) is 6.54 Å². The summed E-state index contributed by atoms with van der Waals surface area (Å²) in [5, 5.41) is 12.6. The van der Waals surface area contributed by atoms with Gasteiger partial charge in [-0.1, -0.05) is 17.8 Å². The Morgan fingerprint density at radius 3 is 3.20 bits per heavy atom. The van der Waals surface area contributed by atoms with Crippen LogP contribution in [0.4, 0.5) is 4.79 Å². The van der Waals surface area contributed by atoms with Gasteiger partial charge in [0.05, 0.1) is 6.54 Å². The molecule has 0 aromatic heterocycles. The van der Waals surface area contributed by atoms with Crippen LogP contribution in [0.3, 0.4) is 0 Å². The molecule has 0 radical (unpaired) electrons. The molecule has 2 N–H and O–H groups in total. The van der Waals surface area contributed by atoms with E-state index in [1.165, 1.54) is 11.8 Å². The highest BCUT2D eigenvalue weighted by atomic mass is 32.2. The van der Waals surface area contributed by atoms with Crippen molar-refractivity contribution in [2.45, 2.75) is 0 Å². The van der Waals surface area contributed by atoms with E-state index in [4.69, 9.17) is 5.11 Å². The number of aliphatic imine (C=N–C) groups is 1. The molecule has 1 rings (SSSR count). The van der Waals surface area contributed by atoms with E-state index in [-0.39, 0.29) is 0 Å². The van der Waals surface area contributed by atoms with Gasteiger partial charge in [0.2, 0.25) is 0 Å². The summed E-state index contributed by atoms with van der Waals surface area (Å²) in [4.78, 5) is 13.9. The molecular formula is C5H6N2O2S. The van der Waals surface area contributed by atoms with Gasteiger partial charge >= 0.3 is 6.09 Å². The number of nitrogens with zero attached hydrogens (tertiary/aromatic N) is 1. The van der Waals surface area contributed by atoms with Crippen molar-refractivity contribution in [3.63, 3.8) is 0 Å². The van der Waals surface area contributed by atoms with Gasteiger partial charge in [-0.15, -0.1) is 0 Å². The lowest BCUT2D eigenvalue weighted by molar-refractivity contribution is 0.200. The van der Waals surface area contributed by atoms with Crippen LogP contribution in [-0.4, -0.2) is 22.9 Å². The molecule has 0 atom stereocenters. The van der Waals surface area contributed by atoms with Crippen LogP contribution in [-0.2, 0) is 0 Å². The molecule has 0 aromatic rings. The second kappa shape index (κ2) is 3.26. The lowest BCUT2D eigenvalue weighted by atomic mass is 10.6. The Balaban J connectivity index is 2.41. The predicted molar refractivity (Wildman–Crippen MR) is 40.2 cm³/mol. The molecule has 0 unspecified atom stereocenters. The maximum absolute atomic E-state index is 10.0. The number of amides is 1. The van der Waals surface area contributed by atoms with Crippen LogP contribution in [0.25, 0.3) is 0 Å². The minimum absolute atomic E-state index is 0.440. The molecule has 54 valence electrons. The van der Waals surface area contributed by atoms with E-state index in [0.717, 1.165) is 0 Å². The van der Waals surface area contributed by atoms with E-state index in [1.807, 2.05) is 6.08 Å². The third kappa shape index (κ3) is 2.10. The fourth-order valence-electron chi connectivity index (χ4n) is 0.489. The van der Waals surface area contributed by atoms with Gasteiger partial charge in [-0.3, -0.25) is 10.3 Å². The second-order valence-corrected chi connectivity index (χ2v) is 2.46. The summed E-state index contributed by atoms with van der Waals surface area (Å²) in [7, 11) is 0. The Bertz CT molecular complexity index is 200. The van der Waals surface area contributed by atoms with Crippen molar-refractivity contribution < 1.29 is 9.90 Å². The Labute approximate surface area is 62.0 Å². The molecule has 1 aliphatic rings. The summed E-state index contributed by atoms with van der Waals surface area (Å²) in [6, 6.07) is 0. The number of amidine groups is 1. The maximum atomic E-state index is 10.0. The molecule has 1 heterocycles. The lowest BCUT2D eigenvalue weighted by Crippen LogP contribution is -2.26. The van der Waals surface area contributed by atoms with Crippen LogP contribution >= 0.6 is 11.8 Å². The topological polar surface area (TPSA) is 61.7 Å². The zero-order valence-electron chi connectivity index (χ0n) is 5.07. The Morgan fingerprint density at radius 2 is 2.70 bits per heavy atom. The van der Waals surface area contributed by atoms with Crippen LogP contribution < -0.4 is 5.32 Å². The normalized spacial score (nSPS) is 16.2. The lowest BCUT2D eigenvalue weighted by Gasteiger charge is -2.03. The van der Waals surface area contributed by atoms with Crippen LogP contribution in [0.15, 0.2) is 16.5 Å². The Hall–Kier alpha value is -0.970. The predicted octanol–water partition coefficient (Wildman–Crippen LogP) is 0.870. The van der Waals surface area contributed by atoms with Gasteiger partial charge in [0.25, 0.3) is 0 Å². The average Bonchev–Trinajstić information content (AvgIpc) is 1.88. The number of hydrogen-bond donors (Lipinski definition) is 2.